The molecular weight excluding hydrogens is 484 g/mol. The average molecular weight is 511 g/mol. The second-order valence-corrected chi connectivity index (χ2v) is 9.67. The highest BCUT2D eigenvalue weighted by Gasteiger charge is 2.28. The molecule has 10 nitrogen and oxygen atoms in total. The molecule has 0 unspecified atom stereocenters. The summed E-state index contributed by atoms with van der Waals surface area (Å²) in [4.78, 5) is 36.2. The van der Waals surface area contributed by atoms with Crippen LogP contribution < -0.4 is 14.9 Å². The van der Waals surface area contributed by atoms with Gasteiger partial charge in [-0.3, -0.25) is 24.0 Å². The van der Waals surface area contributed by atoms with Gasteiger partial charge in [0.05, 0.1) is 26.8 Å². The third-order valence-corrected chi connectivity index (χ3v) is 7.00. The lowest BCUT2D eigenvalue weighted by Crippen LogP contribution is -2.38. The van der Waals surface area contributed by atoms with Crippen LogP contribution in [0.2, 0.25) is 0 Å². The van der Waals surface area contributed by atoms with Gasteiger partial charge in [-0.2, -0.15) is 0 Å². The van der Waals surface area contributed by atoms with E-state index in [0.717, 1.165) is 23.2 Å². The Morgan fingerprint density at radius 3 is 2.36 bits per heavy atom. The summed E-state index contributed by atoms with van der Waals surface area (Å²) in [5, 5.41) is 16.7. The molecule has 0 radical (unpaired) electrons. The van der Waals surface area contributed by atoms with Crippen LogP contribution in [0.25, 0.3) is 0 Å². The van der Waals surface area contributed by atoms with Gasteiger partial charge in [0.25, 0.3) is 21.6 Å². The SMILES string of the molecule is CCCCNC(=O)c1ccccc1NC(=O)CN(c1cccc([N+](=O)[O-])c1)S(=O)(=O)c1ccccc1. The number of nitro benzene ring substituents is 1. The van der Waals surface area contributed by atoms with E-state index in [1.54, 1.807) is 24.3 Å². The molecular formula is C25H26N4O6S. The maximum Gasteiger partial charge on any atom is 0.271 e. The zero-order chi connectivity index (χ0) is 26.1. The molecule has 36 heavy (non-hydrogen) atoms. The largest absolute Gasteiger partial charge is 0.352 e. The van der Waals surface area contributed by atoms with Gasteiger partial charge < -0.3 is 10.6 Å². The van der Waals surface area contributed by atoms with Gasteiger partial charge >= 0.3 is 0 Å². The van der Waals surface area contributed by atoms with E-state index in [1.165, 1.54) is 48.5 Å². The summed E-state index contributed by atoms with van der Waals surface area (Å²) in [6.07, 6.45) is 1.71. The number of nitrogens with zero attached hydrogens (tertiary/aromatic N) is 2. The number of hydrogen-bond acceptors (Lipinski definition) is 6. The van der Waals surface area contributed by atoms with Gasteiger partial charge in [-0.25, -0.2) is 8.42 Å². The molecule has 0 saturated heterocycles. The number of nitrogens with one attached hydrogen (secondary N) is 2. The smallest absolute Gasteiger partial charge is 0.271 e. The minimum Gasteiger partial charge on any atom is -0.352 e. The first-order valence-corrected chi connectivity index (χ1v) is 12.7. The Bertz CT molecular complexity index is 1350. The first-order valence-electron chi connectivity index (χ1n) is 11.2. The van der Waals surface area contributed by atoms with Crippen molar-refractivity contribution in [1.29, 1.82) is 0 Å². The third kappa shape index (κ3) is 6.45. The van der Waals surface area contributed by atoms with Crippen LogP contribution in [0.5, 0.6) is 0 Å². The van der Waals surface area contributed by atoms with Gasteiger partial charge in [0, 0.05) is 18.7 Å². The predicted octanol–water partition coefficient (Wildman–Crippen LogP) is 3.96. The number of carbonyl (C=O) groups excluding carboxylic acids is 2. The van der Waals surface area contributed by atoms with Crippen LogP contribution in [0.1, 0.15) is 30.1 Å². The number of carbonyl (C=O) groups is 2. The monoisotopic (exact) mass is 510 g/mol. The average Bonchev–Trinajstić information content (AvgIpc) is 2.88. The number of benzene rings is 3. The van der Waals surface area contributed by atoms with Gasteiger partial charge in [0.15, 0.2) is 0 Å². The van der Waals surface area contributed by atoms with Crippen LogP contribution >= 0.6 is 0 Å². The van der Waals surface area contributed by atoms with Crippen LogP contribution in [-0.4, -0.2) is 38.2 Å². The van der Waals surface area contributed by atoms with E-state index < -0.39 is 27.4 Å². The lowest BCUT2D eigenvalue weighted by Gasteiger charge is -2.24. The molecule has 0 heterocycles. The lowest BCUT2D eigenvalue weighted by atomic mass is 10.1. The van der Waals surface area contributed by atoms with E-state index in [1.807, 2.05) is 6.92 Å². The molecule has 0 fully saturated rings. The Morgan fingerprint density at radius 2 is 1.67 bits per heavy atom. The molecule has 2 N–H and O–H groups in total. The fourth-order valence-corrected chi connectivity index (χ4v) is 4.81. The molecule has 3 rings (SSSR count). The molecule has 0 aliphatic rings. The van der Waals surface area contributed by atoms with E-state index in [4.69, 9.17) is 0 Å². The Hall–Kier alpha value is -4.25. The quantitative estimate of drug-likeness (QED) is 0.227. The van der Waals surface area contributed by atoms with Crippen LogP contribution in [0.4, 0.5) is 17.1 Å². The van der Waals surface area contributed by atoms with E-state index in [2.05, 4.69) is 10.6 Å². The van der Waals surface area contributed by atoms with E-state index in [9.17, 15) is 28.1 Å². The molecule has 11 heteroatoms. The number of nitro groups is 1. The maximum atomic E-state index is 13.4. The Morgan fingerprint density at radius 1 is 0.972 bits per heavy atom. The second kappa shape index (κ2) is 11.9. The van der Waals surface area contributed by atoms with E-state index in [-0.39, 0.29) is 33.4 Å². The molecule has 3 aromatic carbocycles. The molecule has 0 saturated carbocycles. The standard InChI is InChI=1S/C25H26N4O6S/c1-2-3-16-26-25(31)22-14-7-8-15-23(22)27-24(30)18-28(19-10-9-11-20(17-19)29(32)33)36(34,35)21-12-5-4-6-13-21/h4-15,17H,2-3,16,18H2,1H3,(H,26,31)(H,27,30). The summed E-state index contributed by atoms with van der Waals surface area (Å²) >= 11 is 0. The minimum atomic E-state index is -4.25. The molecule has 0 atom stereocenters. The van der Waals surface area contributed by atoms with Gasteiger partial charge in [-0.15, -0.1) is 0 Å². The molecule has 188 valence electrons. The van der Waals surface area contributed by atoms with Crippen molar-refractivity contribution in [3.63, 3.8) is 0 Å². The predicted molar refractivity (Wildman–Crippen MR) is 136 cm³/mol. The molecule has 0 bridgehead atoms. The summed E-state index contributed by atoms with van der Waals surface area (Å²) in [6, 6.07) is 18.9. The van der Waals surface area contributed by atoms with Crippen LogP contribution in [0, 0.1) is 10.1 Å². The van der Waals surface area contributed by atoms with Crippen molar-refractivity contribution in [3.8, 4) is 0 Å². The molecule has 0 spiro atoms. The highest BCUT2D eigenvalue weighted by atomic mass is 32.2. The topological polar surface area (TPSA) is 139 Å². The van der Waals surface area contributed by atoms with E-state index >= 15 is 0 Å². The van der Waals surface area contributed by atoms with Gasteiger partial charge in [0.1, 0.15) is 6.54 Å². The van der Waals surface area contributed by atoms with Crippen LogP contribution in [0.3, 0.4) is 0 Å². The normalized spacial score (nSPS) is 10.9. The van der Waals surface area contributed by atoms with Gasteiger partial charge in [-0.1, -0.05) is 49.7 Å². The Kier molecular flexibility index (Phi) is 8.74. The zero-order valence-electron chi connectivity index (χ0n) is 19.6. The number of para-hydroxylation sites is 1. The minimum absolute atomic E-state index is 0.0474. The molecule has 0 aliphatic heterocycles. The number of anilines is 2. The molecule has 0 aliphatic carbocycles. The van der Waals surface area contributed by atoms with Crippen molar-refractivity contribution in [3.05, 3.63) is 94.5 Å². The number of sulfonamides is 1. The summed E-state index contributed by atoms with van der Waals surface area (Å²) in [5.74, 6) is -1.10. The van der Waals surface area contributed by atoms with Crippen molar-refractivity contribution >= 4 is 38.9 Å². The first-order chi connectivity index (χ1) is 17.2. The molecule has 2 amide bonds. The fraction of sp³-hybridized carbons (Fsp3) is 0.200. The Labute approximate surface area is 209 Å². The molecule has 3 aromatic rings. The summed E-state index contributed by atoms with van der Waals surface area (Å²) in [7, 11) is -4.25. The number of rotatable bonds is 11. The van der Waals surface area contributed by atoms with Crippen molar-refractivity contribution in [2.45, 2.75) is 24.7 Å². The lowest BCUT2D eigenvalue weighted by molar-refractivity contribution is -0.384. The number of unbranched alkanes of at least 4 members (excludes halogenated alkanes) is 1. The van der Waals surface area contributed by atoms with Crippen LogP contribution in [0.15, 0.2) is 83.8 Å². The zero-order valence-corrected chi connectivity index (χ0v) is 20.4. The maximum absolute atomic E-state index is 13.4. The Balaban J connectivity index is 1.92. The fourth-order valence-electron chi connectivity index (χ4n) is 3.38. The number of amides is 2. The third-order valence-electron chi connectivity index (χ3n) is 5.21. The van der Waals surface area contributed by atoms with Gasteiger partial charge in [-0.05, 0) is 36.8 Å². The number of hydrogen-bond donors (Lipinski definition) is 2. The van der Waals surface area contributed by atoms with Crippen molar-refractivity contribution < 1.29 is 22.9 Å². The van der Waals surface area contributed by atoms with Gasteiger partial charge in [0.2, 0.25) is 5.91 Å². The molecule has 0 aromatic heterocycles. The van der Waals surface area contributed by atoms with Crippen molar-refractivity contribution in [2.75, 3.05) is 22.7 Å². The summed E-state index contributed by atoms with van der Waals surface area (Å²) in [6.45, 7) is 1.80. The summed E-state index contributed by atoms with van der Waals surface area (Å²) < 4.78 is 27.7. The van der Waals surface area contributed by atoms with Crippen LogP contribution in [-0.2, 0) is 14.8 Å². The summed E-state index contributed by atoms with van der Waals surface area (Å²) in [5.41, 5.74) is 0.0754. The number of non-ortho nitro benzene ring substituents is 1. The van der Waals surface area contributed by atoms with Crippen molar-refractivity contribution in [2.24, 2.45) is 0 Å². The first kappa shape index (κ1) is 26.4. The van der Waals surface area contributed by atoms with E-state index in [0.29, 0.717) is 6.54 Å². The highest BCUT2D eigenvalue weighted by Crippen LogP contribution is 2.27. The van der Waals surface area contributed by atoms with Crippen molar-refractivity contribution in [1.82, 2.24) is 5.32 Å². The highest BCUT2D eigenvalue weighted by molar-refractivity contribution is 7.92. The second-order valence-electron chi connectivity index (χ2n) is 7.80.